The zero-order valence-corrected chi connectivity index (χ0v) is 10.6. The molecule has 0 radical (unpaired) electrons. The molecule has 0 spiro atoms. The van der Waals surface area contributed by atoms with Gasteiger partial charge >= 0.3 is 11.5 Å². The van der Waals surface area contributed by atoms with Crippen molar-refractivity contribution in [1.29, 1.82) is 0 Å². The number of amides is 1. The second-order valence-corrected chi connectivity index (χ2v) is 4.71. The molecule has 104 valence electrons. The molecule has 1 rings (SSSR count). The van der Waals surface area contributed by atoms with Gasteiger partial charge in [-0.15, -0.1) is 0 Å². The molecule has 0 unspecified atom stereocenters. The number of carboxylic acids is 1. The summed E-state index contributed by atoms with van der Waals surface area (Å²) < 4.78 is 37.0. The van der Waals surface area contributed by atoms with Crippen LogP contribution in [0.25, 0.3) is 0 Å². The second-order valence-electron chi connectivity index (χ2n) is 3.60. The van der Waals surface area contributed by atoms with E-state index in [1.807, 2.05) is 0 Å². The summed E-state index contributed by atoms with van der Waals surface area (Å²) in [5.74, 6) is -2.01. The van der Waals surface area contributed by atoms with E-state index in [0.717, 1.165) is 4.90 Å². The zero-order chi connectivity index (χ0) is 14.6. The first-order valence-electron chi connectivity index (χ1n) is 5.03. The summed E-state index contributed by atoms with van der Waals surface area (Å²) in [5.41, 5.74) is -4.68. The van der Waals surface area contributed by atoms with E-state index in [-0.39, 0.29) is 10.5 Å². The van der Waals surface area contributed by atoms with Crippen LogP contribution in [0.1, 0.15) is 10.4 Å². The van der Waals surface area contributed by atoms with E-state index in [4.69, 9.17) is 5.11 Å². The molecule has 1 N–H and O–H groups in total. The van der Waals surface area contributed by atoms with Crippen LogP contribution in [0.15, 0.2) is 29.2 Å². The predicted molar refractivity (Wildman–Crippen MR) is 63.0 cm³/mol. The average molecular weight is 293 g/mol. The number of carbonyl (C=O) groups is 2. The maximum atomic E-state index is 12.3. The maximum Gasteiger partial charge on any atom is 0.446 e. The molecule has 0 heterocycles. The number of alkyl halides is 3. The summed E-state index contributed by atoms with van der Waals surface area (Å²) in [7, 11) is 1.21. The van der Waals surface area contributed by atoms with Gasteiger partial charge in [0, 0.05) is 11.9 Å². The highest BCUT2D eigenvalue weighted by atomic mass is 32.2. The lowest BCUT2D eigenvalue weighted by atomic mass is 10.2. The summed E-state index contributed by atoms with van der Waals surface area (Å²) in [4.78, 5) is 22.9. The highest BCUT2D eigenvalue weighted by Gasteiger charge is 2.31. The van der Waals surface area contributed by atoms with Gasteiger partial charge in [0.15, 0.2) is 0 Å². The molecule has 0 aliphatic carbocycles. The van der Waals surface area contributed by atoms with Crippen molar-refractivity contribution in [2.45, 2.75) is 10.4 Å². The first kappa shape index (κ1) is 15.4. The van der Waals surface area contributed by atoms with Crippen LogP contribution in [0, 0.1) is 0 Å². The number of thioether (sulfide) groups is 1. The number of carboxylic acid groups (broad SMARTS) is 1. The van der Waals surface area contributed by atoms with Crippen molar-refractivity contribution in [2.24, 2.45) is 0 Å². The van der Waals surface area contributed by atoms with Crippen LogP contribution in [0.4, 0.5) is 13.2 Å². The van der Waals surface area contributed by atoms with Crippen LogP contribution < -0.4 is 0 Å². The quantitative estimate of drug-likeness (QED) is 0.866. The Kier molecular flexibility index (Phi) is 4.82. The van der Waals surface area contributed by atoms with Crippen molar-refractivity contribution in [3.05, 3.63) is 29.8 Å². The van der Waals surface area contributed by atoms with Gasteiger partial charge < -0.3 is 10.0 Å². The molecule has 19 heavy (non-hydrogen) atoms. The van der Waals surface area contributed by atoms with Crippen molar-refractivity contribution in [2.75, 3.05) is 13.6 Å². The summed E-state index contributed by atoms with van der Waals surface area (Å²) >= 11 is -0.403. The SMILES string of the molecule is CN(CC(=O)O)C(=O)c1ccccc1SC(F)(F)F. The van der Waals surface area contributed by atoms with Gasteiger partial charge in [0.1, 0.15) is 6.54 Å². The molecule has 0 aliphatic rings. The third kappa shape index (κ3) is 4.82. The molecule has 0 saturated carbocycles. The Morgan fingerprint density at radius 3 is 2.42 bits per heavy atom. The third-order valence-corrected chi connectivity index (χ3v) is 2.87. The molecule has 1 amide bonds. The van der Waals surface area contributed by atoms with Gasteiger partial charge in [-0.25, -0.2) is 0 Å². The molecule has 0 bridgehead atoms. The lowest BCUT2D eigenvalue weighted by Crippen LogP contribution is -2.32. The van der Waals surface area contributed by atoms with Crippen molar-refractivity contribution in [1.82, 2.24) is 4.90 Å². The van der Waals surface area contributed by atoms with E-state index < -0.39 is 35.7 Å². The van der Waals surface area contributed by atoms with Crippen LogP contribution in [0.2, 0.25) is 0 Å². The Morgan fingerprint density at radius 1 is 1.32 bits per heavy atom. The molecular formula is C11H10F3NO3S. The van der Waals surface area contributed by atoms with Gasteiger partial charge in [0.25, 0.3) is 5.91 Å². The predicted octanol–water partition coefficient (Wildman–Crippen LogP) is 2.46. The van der Waals surface area contributed by atoms with Gasteiger partial charge in [0.2, 0.25) is 0 Å². The molecule has 0 aliphatic heterocycles. The molecule has 0 atom stereocenters. The van der Waals surface area contributed by atoms with E-state index in [9.17, 15) is 22.8 Å². The third-order valence-electron chi connectivity index (χ3n) is 2.06. The Hall–Kier alpha value is -1.70. The highest BCUT2D eigenvalue weighted by Crippen LogP contribution is 2.38. The fourth-order valence-corrected chi connectivity index (χ4v) is 2.00. The first-order valence-corrected chi connectivity index (χ1v) is 5.84. The van der Waals surface area contributed by atoms with Gasteiger partial charge in [0.05, 0.1) is 5.56 Å². The zero-order valence-electron chi connectivity index (χ0n) is 9.77. The number of carbonyl (C=O) groups excluding carboxylic acids is 1. The topological polar surface area (TPSA) is 57.6 Å². The Labute approximate surface area is 111 Å². The van der Waals surface area contributed by atoms with E-state index >= 15 is 0 Å². The lowest BCUT2D eigenvalue weighted by molar-refractivity contribution is -0.137. The normalized spacial score (nSPS) is 11.2. The van der Waals surface area contributed by atoms with Crippen LogP contribution in [0.5, 0.6) is 0 Å². The van der Waals surface area contributed by atoms with Crippen LogP contribution >= 0.6 is 11.8 Å². The van der Waals surface area contributed by atoms with Gasteiger partial charge in [-0.1, -0.05) is 12.1 Å². The van der Waals surface area contributed by atoms with Gasteiger partial charge in [-0.2, -0.15) is 13.2 Å². The summed E-state index contributed by atoms with van der Waals surface area (Å²) in [6.07, 6.45) is 0. The first-order chi connectivity index (χ1) is 8.70. The van der Waals surface area contributed by atoms with Crippen LogP contribution in [0.3, 0.4) is 0 Å². The lowest BCUT2D eigenvalue weighted by Gasteiger charge is -2.17. The smallest absolute Gasteiger partial charge is 0.446 e. The maximum absolute atomic E-state index is 12.3. The number of aliphatic carboxylic acids is 1. The Morgan fingerprint density at radius 2 is 1.89 bits per heavy atom. The average Bonchev–Trinajstić information content (AvgIpc) is 2.25. The van der Waals surface area contributed by atoms with Crippen molar-refractivity contribution < 1.29 is 27.9 Å². The molecule has 0 fully saturated rings. The van der Waals surface area contributed by atoms with E-state index in [2.05, 4.69) is 0 Å². The standard InChI is InChI=1S/C11H10F3NO3S/c1-15(6-9(16)17)10(18)7-4-2-3-5-8(7)19-11(12,13)14/h2-5H,6H2,1H3,(H,16,17). The van der Waals surface area contributed by atoms with Crippen LogP contribution in [-0.4, -0.2) is 41.0 Å². The van der Waals surface area contributed by atoms with Crippen molar-refractivity contribution in [3.63, 3.8) is 0 Å². The molecule has 1 aromatic carbocycles. The van der Waals surface area contributed by atoms with E-state index in [1.54, 1.807) is 0 Å². The number of hydrogen-bond donors (Lipinski definition) is 1. The molecular weight excluding hydrogens is 283 g/mol. The fraction of sp³-hybridized carbons (Fsp3) is 0.273. The number of nitrogens with zero attached hydrogens (tertiary/aromatic N) is 1. The fourth-order valence-electron chi connectivity index (χ4n) is 1.34. The second kappa shape index (κ2) is 5.96. The minimum Gasteiger partial charge on any atom is -0.480 e. The van der Waals surface area contributed by atoms with Gasteiger partial charge in [-0.3, -0.25) is 9.59 Å². The number of halogens is 3. The van der Waals surface area contributed by atoms with E-state index in [0.29, 0.717) is 0 Å². The van der Waals surface area contributed by atoms with Crippen molar-refractivity contribution >= 4 is 23.6 Å². The number of benzene rings is 1. The molecule has 4 nitrogen and oxygen atoms in total. The molecule has 0 saturated heterocycles. The number of likely N-dealkylation sites (N-methyl/N-ethyl adjacent to an activating group) is 1. The minimum atomic E-state index is -4.51. The van der Waals surface area contributed by atoms with Crippen molar-refractivity contribution in [3.8, 4) is 0 Å². The van der Waals surface area contributed by atoms with E-state index in [1.165, 1.54) is 31.3 Å². The molecule has 0 aromatic heterocycles. The Bertz CT molecular complexity index is 490. The van der Waals surface area contributed by atoms with Crippen LogP contribution in [-0.2, 0) is 4.79 Å². The molecule has 1 aromatic rings. The Balaban J connectivity index is 3.00. The minimum absolute atomic E-state index is 0.173. The molecule has 8 heteroatoms. The van der Waals surface area contributed by atoms with Gasteiger partial charge in [-0.05, 0) is 23.9 Å². The number of rotatable bonds is 4. The summed E-state index contributed by atoms with van der Waals surface area (Å²) in [5, 5.41) is 8.56. The summed E-state index contributed by atoms with van der Waals surface area (Å²) in [6.45, 7) is -0.580. The highest BCUT2D eigenvalue weighted by molar-refractivity contribution is 8.00. The largest absolute Gasteiger partial charge is 0.480 e. The number of hydrogen-bond acceptors (Lipinski definition) is 3. The summed E-state index contributed by atoms with van der Waals surface area (Å²) in [6, 6.07) is 5.19. The monoisotopic (exact) mass is 293 g/mol.